The van der Waals surface area contributed by atoms with Gasteiger partial charge in [-0.25, -0.2) is 18.3 Å². The van der Waals surface area contributed by atoms with Crippen LogP contribution in [0.5, 0.6) is 0 Å². The molecule has 26 heavy (non-hydrogen) atoms. The lowest BCUT2D eigenvalue weighted by molar-refractivity contribution is -0.669. The van der Waals surface area contributed by atoms with Gasteiger partial charge in [0, 0.05) is 22.2 Å². The summed E-state index contributed by atoms with van der Waals surface area (Å²) >= 11 is 12.5. The lowest BCUT2D eigenvalue weighted by Gasteiger charge is -1.98. The SMILES string of the molecule is CC[n+]1cn(CCn2c[n+](CC)c3ccc(Cl)cc32)c2cc(Cl)ccc21. The number of benzene rings is 2. The van der Waals surface area contributed by atoms with Gasteiger partial charge in [-0.3, -0.25) is 0 Å². The van der Waals surface area contributed by atoms with Crippen molar-refractivity contribution in [2.45, 2.75) is 40.0 Å². The van der Waals surface area contributed by atoms with Crippen LogP contribution in [0.25, 0.3) is 22.1 Å². The first-order chi connectivity index (χ1) is 12.6. The second kappa shape index (κ2) is 6.93. The van der Waals surface area contributed by atoms with Gasteiger partial charge in [0.05, 0.1) is 13.1 Å². The van der Waals surface area contributed by atoms with Gasteiger partial charge in [0.2, 0.25) is 12.7 Å². The van der Waals surface area contributed by atoms with E-state index in [1.807, 2.05) is 24.3 Å². The van der Waals surface area contributed by atoms with E-state index in [0.717, 1.165) is 47.3 Å². The smallest absolute Gasteiger partial charge is 0.230 e. The number of hydrogen-bond acceptors (Lipinski definition) is 0. The molecule has 4 nitrogen and oxygen atoms in total. The molecule has 0 aliphatic carbocycles. The lowest BCUT2D eigenvalue weighted by atomic mass is 10.3. The summed E-state index contributed by atoms with van der Waals surface area (Å²) in [5, 5.41) is 1.53. The Balaban J connectivity index is 1.72. The molecule has 0 saturated heterocycles. The van der Waals surface area contributed by atoms with E-state index in [9.17, 15) is 0 Å². The molecule has 2 heterocycles. The van der Waals surface area contributed by atoms with Crippen LogP contribution >= 0.6 is 23.2 Å². The highest BCUT2D eigenvalue weighted by atomic mass is 35.5. The summed E-state index contributed by atoms with van der Waals surface area (Å²) in [6.07, 6.45) is 4.35. The molecule has 0 atom stereocenters. The molecule has 4 rings (SSSR count). The molecule has 0 unspecified atom stereocenters. The quantitative estimate of drug-likeness (QED) is 0.455. The fourth-order valence-electron chi connectivity index (χ4n) is 3.60. The van der Waals surface area contributed by atoms with Crippen molar-refractivity contribution in [3.05, 3.63) is 59.1 Å². The van der Waals surface area contributed by atoms with Gasteiger partial charge >= 0.3 is 0 Å². The van der Waals surface area contributed by atoms with E-state index >= 15 is 0 Å². The molecular weight excluding hydrogens is 367 g/mol. The highest BCUT2D eigenvalue weighted by Gasteiger charge is 2.19. The van der Waals surface area contributed by atoms with Gasteiger partial charge in [-0.1, -0.05) is 23.2 Å². The number of aryl methyl sites for hydroxylation is 4. The van der Waals surface area contributed by atoms with Crippen molar-refractivity contribution < 1.29 is 9.13 Å². The average Bonchev–Trinajstić information content (AvgIpc) is 3.17. The second-order valence-corrected chi connectivity index (χ2v) is 7.33. The zero-order chi connectivity index (χ0) is 18.3. The highest BCUT2D eigenvalue weighted by molar-refractivity contribution is 6.31. The molecule has 0 N–H and O–H groups in total. The maximum atomic E-state index is 6.23. The van der Waals surface area contributed by atoms with Crippen molar-refractivity contribution in [1.82, 2.24) is 9.13 Å². The van der Waals surface area contributed by atoms with Crippen molar-refractivity contribution in [2.75, 3.05) is 0 Å². The summed E-state index contributed by atoms with van der Waals surface area (Å²) in [5.74, 6) is 0. The summed E-state index contributed by atoms with van der Waals surface area (Å²) in [4.78, 5) is 0. The van der Waals surface area contributed by atoms with Gasteiger partial charge in [0.15, 0.2) is 22.1 Å². The standard InChI is InChI=1S/C20H22Cl2N4/c1-3-23-13-25(19-11-15(21)5-7-17(19)23)9-10-26-14-24(4-2)18-8-6-16(22)12-20(18)26/h5-8,11-14H,3-4,9-10H2,1-2H3/q+2. The second-order valence-electron chi connectivity index (χ2n) is 6.46. The molecule has 134 valence electrons. The minimum atomic E-state index is 0.766. The molecule has 0 aliphatic rings. The third kappa shape index (κ3) is 2.97. The Kier molecular flexibility index (Phi) is 4.63. The molecule has 0 fully saturated rings. The van der Waals surface area contributed by atoms with E-state index in [2.05, 4.69) is 56.9 Å². The van der Waals surface area contributed by atoms with Crippen molar-refractivity contribution >= 4 is 45.3 Å². The van der Waals surface area contributed by atoms with Crippen molar-refractivity contribution in [1.29, 1.82) is 0 Å². The van der Waals surface area contributed by atoms with Crippen LogP contribution in [-0.2, 0) is 26.2 Å². The summed E-state index contributed by atoms with van der Waals surface area (Å²) in [7, 11) is 0. The van der Waals surface area contributed by atoms with Crippen LogP contribution in [0, 0.1) is 0 Å². The van der Waals surface area contributed by atoms with Gasteiger partial charge < -0.3 is 0 Å². The Morgan fingerprint density at radius 1 is 0.731 bits per heavy atom. The van der Waals surface area contributed by atoms with Gasteiger partial charge in [-0.15, -0.1) is 0 Å². The first-order valence-corrected chi connectivity index (χ1v) is 9.72. The summed E-state index contributed by atoms with van der Waals surface area (Å²) in [6, 6.07) is 12.2. The summed E-state index contributed by atoms with van der Waals surface area (Å²) in [5.41, 5.74) is 4.75. The predicted molar refractivity (Wildman–Crippen MR) is 106 cm³/mol. The predicted octanol–water partition coefficient (Wildman–Crippen LogP) is 4.22. The number of nitrogens with zero attached hydrogens (tertiary/aromatic N) is 4. The van der Waals surface area contributed by atoms with E-state index in [-0.39, 0.29) is 0 Å². The van der Waals surface area contributed by atoms with Crippen LogP contribution in [0.3, 0.4) is 0 Å². The number of imidazole rings is 2. The fraction of sp³-hybridized carbons (Fsp3) is 0.300. The lowest BCUT2D eigenvalue weighted by Crippen LogP contribution is -2.30. The van der Waals surface area contributed by atoms with Crippen molar-refractivity contribution in [3.8, 4) is 0 Å². The van der Waals surface area contributed by atoms with Crippen molar-refractivity contribution in [2.24, 2.45) is 0 Å². The molecule has 0 bridgehead atoms. The van der Waals surface area contributed by atoms with E-state index < -0.39 is 0 Å². The zero-order valence-electron chi connectivity index (χ0n) is 15.0. The Morgan fingerprint density at radius 3 is 1.54 bits per heavy atom. The van der Waals surface area contributed by atoms with Crippen LogP contribution in [0.15, 0.2) is 49.1 Å². The molecule has 4 aromatic rings. The topological polar surface area (TPSA) is 17.6 Å². The van der Waals surface area contributed by atoms with Crippen LogP contribution in [0.1, 0.15) is 13.8 Å². The van der Waals surface area contributed by atoms with Gasteiger partial charge in [0.25, 0.3) is 0 Å². The first-order valence-electron chi connectivity index (χ1n) is 8.96. The number of halogens is 2. The molecule has 0 spiro atoms. The van der Waals surface area contributed by atoms with Crippen LogP contribution in [0.4, 0.5) is 0 Å². The normalized spacial score (nSPS) is 11.7. The van der Waals surface area contributed by atoms with Crippen LogP contribution in [-0.4, -0.2) is 9.13 Å². The molecule has 0 aliphatic heterocycles. The Hall–Kier alpha value is -2.04. The Labute approximate surface area is 162 Å². The maximum Gasteiger partial charge on any atom is 0.244 e. The molecule has 0 radical (unpaired) electrons. The third-order valence-corrected chi connectivity index (χ3v) is 5.40. The molecule has 2 aromatic heterocycles. The van der Waals surface area contributed by atoms with Crippen molar-refractivity contribution in [3.63, 3.8) is 0 Å². The molecular formula is C20H22Cl2N4+2. The highest BCUT2D eigenvalue weighted by Crippen LogP contribution is 2.20. The Bertz CT molecular complexity index is 1010. The van der Waals surface area contributed by atoms with E-state index in [0.29, 0.717) is 0 Å². The number of hydrogen-bond donors (Lipinski definition) is 0. The van der Waals surface area contributed by atoms with E-state index in [1.165, 1.54) is 11.0 Å². The summed E-state index contributed by atoms with van der Waals surface area (Å²) in [6.45, 7) is 7.91. The first kappa shape index (κ1) is 17.4. The zero-order valence-corrected chi connectivity index (χ0v) is 16.5. The van der Waals surface area contributed by atoms with Crippen LogP contribution in [0.2, 0.25) is 10.0 Å². The molecule has 6 heteroatoms. The molecule has 0 saturated carbocycles. The maximum absolute atomic E-state index is 6.23. The number of rotatable bonds is 5. The van der Waals surface area contributed by atoms with Crippen LogP contribution < -0.4 is 9.13 Å². The Morgan fingerprint density at radius 2 is 1.15 bits per heavy atom. The monoisotopic (exact) mass is 388 g/mol. The fourth-order valence-corrected chi connectivity index (χ4v) is 3.93. The number of fused-ring (bicyclic) bond motifs is 2. The summed E-state index contributed by atoms with van der Waals surface area (Å²) < 4.78 is 9.06. The number of aromatic nitrogens is 4. The third-order valence-electron chi connectivity index (χ3n) is 4.93. The largest absolute Gasteiger partial charge is 0.244 e. The van der Waals surface area contributed by atoms with E-state index in [4.69, 9.17) is 23.2 Å². The van der Waals surface area contributed by atoms with E-state index in [1.54, 1.807) is 0 Å². The minimum absolute atomic E-state index is 0.766. The van der Waals surface area contributed by atoms with Gasteiger partial charge in [-0.05, 0) is 38.1 Å². The molecule has 0 amide bonds. The van der Waals surface area contributed by atoms with Gasteiger partial charge in [-0.2, -0.15) is 0 Å². The molecule has 2 aromatic carbocycles. The minimum Gasteiger partial charge on any atom is -0.230 e. The average molecular weight is 389 g/mol. The van der Waals surface area contributed by atoms with Gasteiger partial charge in [0.1, 0.15) is 13.1 Å².